The van der Waals surface area contributed by atoms with E-state index in [0.717, 1.165) is 29.5 Å². The second-order valence-corrected chi connectivity index (χ2v) is 8.76. The molecule has 2 N–H and O–H groups in total. The van der Waals surface area contributed by atoms with E-state index in [4.69, 9.17) is 0 Å². The number of hydrogen-bond donors (Lipinski definition) is 2. The molecule has 0 spiro atoms. The van der Waals surface area contributed by atoms with Gasteiger partial charge >= 0.3 is 0 Å². The highest BCUT2D eigenvalue weighted by atomic mass is 32.1. The van der Waals surface area contributed by atoms with Crippen LogP contribution in [0.25, 0.3) is 10.2 Å². The van der Waals surface area contributed by atoms with E-state index in [-0.39, 0.29) is 0 Å². The molecule has 2 aromatic heterocycles. The van der Waals surface area contributed by atoms with Gasteiger partial charge in [-0.2, -0.15) is 0 Å². The number of quaternary nitrogens is 1. The Morgan fingerprint density at radius 3 is 2.81 bits per heavy atom. The van der Waals surface area contributed by atoms with Crippen LogP contribution in [0.4, 0.5) is 5.82 Å². The van der Waals surface area contributed by atoms with E-state index in [2.05, 4.69) is 66.6 Å². The van der Waals surface area contributed by atoms with Crippen LogP contribution in [-0.4, -0.2) is 30.6 Å². The van der Waals surface area contributed by atoms with Crippen molar-refractivity contribution in [3.8, 4) is 0 Å². The number of anilines is 1. The van der Waals surface area contributed by atoms with Crippen molar-refractivity contribution in [3.63, 3.8) is 0 Å². The Bertz CT molecular complexity index is 888. The molecule has 136 valence electrons. The van der Waals surface area contributed by atoms with Crippen molar-refractivity contribution in [2.45, 2.75) is 32.2 Å². The molecular weight excluding hydrogens is 340 g/mol. The van der Waals surface area contributed by atoms with Crippen LogP contribution < -0.4 is 10.2 Å². The molecule has 1 aromatic carbocycles. The van der Waals surface area contributed by atoms with E-state index < -0.39 is 0 Å². The molecule has 1 aliphatic rings. The molecule has 0 amide bonds. The number of rotatable bonds is 5. The smallest absolute Gasteiger partial charge is 0.138 e. The van der Waals surface area contributed by atoms with Crippen LogP contribution in [0, 0.1) is 5.92 Å². The molecule has 2 atom stereocenters. The van der Waals surface area contributed by atoms with Gasteiger partial charge in [0.25, 0.3) is 0 Å². The lowest BCUT2D eigenvalue weighted by Crippen LogP contribution is -3.06. The standard InChI is InChI=1S/C21H26N4S/c1-14-9-10-16-18(11-14)26-21-19(16)20(23-13-24-21)22-12-17(25(2)3)15-7-5-4-6-8-15/h4-8,13-14,17H,9-12H2,1-3H3,(H,22,23,24)/p+1/t14-,17+/m1/s1. The first-order valence-electron chi connectivity index (χ1n) is 9.47. The maximum atomic E-state index is 4.61. The van der Waals surface area contributed by atoms with Crippen LogP contribution in [0.5, 0.6) is 0 Å². The minimum atomic E-state index is 0.385. The normalized spacial score (nSPS) is 18.1. The van der Waals surface area contributed by atoms with Gasteiger partial charge < -0.3 is 10.2 Å². The Kier molecular flexibility index (Phi) is 4.92. The molecule has 0 saturated carbocycles. The molecule has 0 unspecified atom stereocenters. The fourth-order valence-corrected chi connectivity index (χ4v) is 5.30. The summed E-state index contributed by atoms with van der Waals surface area (Å²) in [5.41, 5.74) is 2.84. The predicted octanol–water partition coefficient (Wildman–Crippen LogP) is 3.11. The van der Waals surface area contributed by atoms with Crippen LogP contribution in [0.1, 0.15) is 35.4 Å². The maximum absolute atomic E-state index is 4.61. The van der Waals surface area contributed by atoms with Crippen molar-refractivity contribution in [2.24, 2.45) is 5.92 Å². The second-order valence-electron chi connectivity index (χ2n) is 7.68. The quantitative estimate of drug-likeness (QED) is 0.728. The van der Waals surface area contributed by atoms with Crippen molar-refractivity contribution < 1.29 is 4.90 Å². The van der Waals surface area contributed by atoms with Crippen LogP contribution in [0.2, 0.25) is 0 Å². The number of thiophene rings is 1. The molecular formula is C21H27N4S+. The number of aryl methyl sites for hydroxylation is 1. The van der Waals surface area contributed by atoms with Gasteiger partial charge in [-0.25, -0.2) is 9.97 Å². The van der Waals surface area contributed by atoms with Crippen molar-refractivity contribution >= 4 is 27.4 Å². The number of nitrogens with zero attached hydrogens (tertiary/aromatic N) is 2. The minimum Gasteiger partial charge on any atom is -0.363 e. The molecule has 2 heterocycles. The topological polar surface area (TPSA) is 42.2 Å². The summed E-state index contributed by atoms with van der Waals surface area (Å²) < 4.78 is 0. The molecule has 0 bridgehead atoms. The molecule has 0 aliphatic heterocycles. The highest BCUT2D eigenvalue weighted by Crippen LogP contribution is 2.39. The van der Waals surface area contributed by atoms with Gasteiger partial charge in [-0.3, -0.25) is 0 Å². The van der Waals surface area contributed by atoms with Gasteiger partial charge in [0, 0.05) is 10.4 Å². The van der Waals surface area contributed by atoms with Crippen LogP contribution in [-0.2, 0) is 12.8 Å². The van der Waals surface area contributed by atoms with Gasteiger partial charge in [0.15, 0.2) is 0 Å². The average Bonchev–Trinajstić information content (AvgIpc) is 3.00. The Balaban J connectivity index is 1.63. The highest BCUT2D eigenvalue weighted by molar-refractivity contribution is 7.19. The van der Waals surface area contributed by atoms with Crippen LogP contribution >= 0.6 is 11.3 Å². The van der Waals surface area contributed by atoms with Gasteiger partial charge in [-0.05, 0) is 30.7 Å². The monoisotopic (exact) mass is 367 g/mol. The van der Waals surface area contributed by atoms with Crippen LogP contribution in [0.15, 0.2) is 36.7 Å². The fourth-order valence-electron chi connectivity index (χ4n) is 3.95. The van der Waals surface area contributed by atoms with E-state index in [0.29, 0.717) is 6.04 Å². The van der Waals surface area contributed by atoms with Crippen molar-refractivity contribution in [1.82, 2.24) is 9.97 Å². The summed E-state index contributed by atoms with van der Waals surface area (Å²) in [7, 11) is 4.42. The molecule has 4 nitrogen and oxygen atoms in total. The Labute approximate surface area is 159 Å². The summed E-state index contributed by atoms with van der Waals surface area (Å²) in [6.07, 6.45) is 5.31. The second kappa shape index (κ2) is 7.33. The van der Waals surface area contributed by atoms with Gasteiger partial charge in [0.05, 0.1) is 26.0 Å². The third-order valence-corrected chi connectivity index (χ3v) is 6.63. The Morgan fingerprint density at radius 2 is 2.04 bits per heavy atom. The zero-order valence-corrected chi connectivity index (χ0v) is 16.6. The van der Waals surface area contributed by atoms with Crippen molar-refractivity contribution in [3.05, 3.63) is 52.7 Å². The molecule has 4 rings (SSSR count). The van der Waals surface area contributed by atoms with Gasteiger partial charge in [-0.1, -0.05) is 37.3 Å². The lowest BCUT2D eigenvalue weighted by atomic mass is 9.89. The summed E-state index contributed by atoms with van der Waals surface area (Å²) in [4.78, 5) is 13.2. The summed E-state index contributed by atoms with van der Waals surface area (Å²) in [5.74, 6) is 1.78. The largest absolute Gasteiger partial charge is 0.363 e. The SMILES string of the molecule is C[C@@H]1CCc2c(sc3ncnc(NC[C@@H](c4ccccc4)[NH+](C)C)c23)C1. The summed E-state index contributed by atoms with van der Waals surface area (Å²) >= 11 is 1.86. The van der Waals surface area contributed by atoms with Gasteiger partial charge in [0.2, 0.25) is 0 Å². The lowest BCUT2D eigenvalue weighted by Gasteiger charge is -2.23. The van der Waals surface area contributed by atoms with E-state index in [9.17, 15) is 0 Å². The summed E-state index contributed by atoms with van der Waals surface area (Å²) in [5, 5.41) is 4.91. The average molecular weight is 368 g/mol. The predicted molar refractivity (Wildman–Crippen MR) is 109 cm³/mol. The fraction of sp³-hybridized carbons (Fsp3) is 0.429. The maximum Gasteiger partial charge on any atom is 0.138 e. The van der Waals surface area contributed by atoms with Crippen LogP contribution in [0.3, 0.4) is 0 Å². The Morgan fingerprint density at radius 1 is 1.23 bits per heavy atom. The van der Waals surface area contributed by atoms with E-state index in [1.165, 1.54) is 39.1 Å². The van der Waals surface area contributed by atoms with E-state index in [1.54, 1.807) is 6.33 Å². The minimum absolute atomic E-state index is 0.385. The molecule has 1 aliphatic carbocycles. The molecule has 5 heteroatoms. The Hall–Kier alpha value is -1.98. The zero-order chi connectivity index (χ0) is 18.1. The van der Waals surface area contributed by atoms with E-state index in [1.807, 2.05) is 11.3 Å². The first-order valence-corrected chi connectivity index (χ1v) is 10.3. The molecule has 0 fully saturated rings. The number of likely N-dealkylation sites (N-methyl/N-ethyl adjacent to an activating group) is 1. The van der Waals surface area contributed by atoms with E-state index >= 15 is 0 Å². The number of hydrogen-bond acceptors (Lipinski definition) is 4. The zero-order valence-electron chi connectivity index (χ0n) is 15.7. The number of fused-ring (bicyclic) bond motifs is 3. The third kappa shape index (κ3) is 3.33. The third-order valence-electron chi connectivity index (χ3n) is 5.46. The first kappa shape index (κ1) is 17.4. The molecule has 26 heavy (non-hydrogen) atoms. The number of nitrogens with one attached hydrogen (secondary N) is 2. The summed E-state index contributed by atoms with van der Waals surface area (Å²) in [6, 6.07) is 11.1. The van der Waals surface area contributed by atoms with Gasteiger partial charge in [0.1, 0.15) is 23.0 Å². The van der Waals surface area contributed by atoms with Crippen molar-refractivity contribution in [2.75, 3.05) is 26.0 Å². The molecule has 0 saturated heterocycles. The van der Waals surface area contributed by atoms with Crippen molar-refractivity contribution in [1.29, 1.82) is 0 Å². The lowest BCUT2D eigenvalue weighted by molar-refractivity contribution is -0.890. The number of aromatic nitrogens is 2. The summed E-state index contributed by atoms with van der Waals surface area (Å²) in [6.45, 7) is 3.21. The van der Waals surface area contributed by atoms with Gasteiger partial charge in [-0.15, -0.1) is 11.3 Å². The first-order chi connectivity index (χ1) is 12.6. The molecule has 0 radical (unpaired) electrons. The highest BCUT2D eigenvalue weighted by Gasteiger charge is 2.24. The number of benzene rings is 1. The molecule has 3 aromatic rings.